The van der Waals surface area contributed by atoms with Crippen LogP contribution < -0.4 is 4.74 Å². The van der Waals surface area contributed by atoms with Gasteiger partial charge in [0.05, 0.1) is 6.61 Å². The molecule has 0 radical (unpaired) electrons. The van der Waals surface area contributed by atoms with Crippen molar-refractivity contribution in [1.82, 2.24) is 4.57 Å². The lowest BCUT2D eigenvalue weighted by Gasteiger charge is -2.11. The molecule has 0 fully saturated rings. The Morgan fingerprint density at radius 3 is 2.34 bits per heavy atom. The fourth-order valence-corrected chi connectivity index (χ4v) is 3.30. The quantitative estimate of drug-likeness (QED) is 0.416. The van der Waals surface area contributed by atoms with E-state index >= 15 is 0 Å². The summed E-state index contributed by atoms with van der Waals surface area (Å²) in [5.41, 5.74) is 3.90. The van der Waals surface area contributed by atoms with Gasteiger partial charge in [-0.15, -0.1) is 0 Å². The second-order valence-corrected chi connectivity index (χ2v) is 6.79. The molecule has 0 aliphatic heterocycles. The Morgan fingerprint density at radius 2 is 1.62 bits per heavy atom. The zero-order valence-corrected chi connectivity index (χ0v) is 17.0. The number of rotatable bonds is 8. The maximum atomic E-state index is 12.7. The fourth-order valence-electron chi connectivity index (χ4n) is 3.30. The van der Waals surface area contributed by atoms with E-state index in [0.29, 0.717) is 30.0 Å². The number of nitrogens with zero attached hydrogens (tertiary/aromatic N) is 1. The molecule has 0 aliphatic rings. The molecule has 0 bridgehead atoms. The number of aryl methyl sites for hydroxylation is 1. The molecule has 5 nitrogen and oxygen atoms in total. The summed E-state index contributed by atoms with van der Waals surface area (Å²) in [6, 6.07) is 18.8. The molecule has 0 spiro atoms. The summed E-state index contributed by atoms with van der Waals surface area (Å²) in [5.74, 6) is -0.339. The van der Waals surface area contributed by atoms with Crippen LogP contribution in [0.3, 0.4) is 0 Å². The monoisotopic (exact) mass is 391 g/mol. The van der Waals surface area contributed by atoms with Gasteiger partial charge < -0.3 is 14.0 Å². The van der Waals surface area contributed by atoms with Crippen molar-refractivity contribution >= 4 is 11.8 Å². The SMILES string of the molecule is CCOc1ccccc1C(=O)OCC(=O)c1cc(C)n(Cc2ccccc2)c1C. The van der Waals surface area contributed by atoms with Gasteiger partial charge >= 0.3 is 5.97 Å². The Balaban J connectivity index is 1.70. The third-order valence-corrected chi connectivity index (χ3v) is 4.80. The van der Waals surface area contributed by atoms with Gasteiger partial charge in [0.1, 0.15) is 11.3 Å². The average molecular weight is 391 g/mol. The number of hydrogen-bond acceptors (Lipinski definition) is 4. The van der Waals surface area contributed by atoms with Gasteiger partial charge in [-0.3, -0.25) is 4.79 Å². The summed E-state index contributed by atoms with van der Waals surface area (Å²) in [6.07, 6.45) is 0. The number of aromatic nitrogens is 1. The van der Waals surface area contributed by atoms with Crippen molar-refractivity contribution in [3.63, 3.8) is 0 Å². The first-order chi connectivity index (χ1) is 14.0. The number of benzene rings is 2. The molecular formula is C24H25NO4. The van der Waals surface area contributed by atoms with Crippen molar-refractivity contribution in [1.29, 1.82) is 0 Å². The number of esters is 1. The van der Waals surface area contributed by atoms with Crippen LogP contribution in [0.4, 0.5) is 0 Å². The number of ether oxygens (including phenoxy) is 2. The molecule has 0 saturated carbocycles. The molecule has 0 atom stereocenters. The zero-order valence-electron chi connectivity index (χ0n) is 17.0. The van der Waals surface area contributed by atoms with Crippen molar-refractivity contribution in [3.05, 3.63) is 88.7 Å². The molecule has 0 saturated heterocycles. The highest BCUT2D eigenvalue weighted by atomic mass is 16.5. The highest BCUT2D eigenvalue weighted by Crippen LogP contribution is 2.20. The Bertz CT molecular complexity index is 1000. The Morgan fingerprint density at radius 1 is 0.931 bits per heavy atom. The first kappa shape index (κ1) is 20.4. The summed E-state index contributed by atoms with van der Waals surface area (Å²) in [4.78, 5) is 25.1. The maximum absolute atomic E-state index is 12.7. The molecule has 150 valence electrons. The minimum absolute atomic E-state index is 0.223. The van der Waals surface area contributed by atoms with E-state index in [4.69, 9.17) is 9.47 Å². The van der Waals surface area contributed by atoms with Crippen LogP contribution in [0.15, 0.2) is 60.7 Å². The standard InChI is InChI=1S/C24H25NO4/c1-4-28-23-13-9-8-12-20(23)24(27)29-16-22(26)21-14-17(2)25(18(21)3)15-19-10-6-5-7-11-19/h5-14H,4,15-16H2,1-3H3. The first-order valence-corrected chi connectivity index (χ1v) is 9.64. The zero-order chi connectivity index (χ0) is 20.8. The number of Topliss-reactive ketones (excluding diaryl/α,β-unsaturated/α-hetero) is 1. The highest BCUT2D eigenvalue weighted by Gasteiger charge is 2.19. The molecular weight excluding hydrogens is 366 g/mol. The molecule has 0 amide bonds. The Labute approximate surface area is 170 Å². The number of carbonyl (C=O) groups is 2. The van der Waals surface area contributed by atoms with Gasteiger partial charge in [0.2, 0.25) is 5.78 Å². The van der Waals surface area contributed by atoms with E-state index in [-0.39, 0.29) is 12.4 Å². The molecule has 2 aromatic carbocycles. The molecule has 1 aromatic heterocycles. The second kappa shape index (κ2) is 9.24. The van der Waals surface area contributed by atoms with Gasteiger partial charge in [-0.1, -0.05) is 42.5 Å². The topological polar surface area (TPSA) is 57.5 Å². The third-order valence-electron chi connectivity index (χ3n) is 4.80. The van der Waals surface area contributed by atoms with Crippen LogP contribution in [0.1, 0.15) is 44.6 Å². The van der Waals surface area contributed by atoms with Gasteiger partial charge in [-0.2, -0.15) is 0 Å². The molecule has 5 heteroatoms. The summed E-state index contributed by atoms with van der Waals surface area (Å²) in [5, 5.41) is 0. The summed E-state index contributed by atoms with van der Waals surface area (Å²) in [7, 11) is 0. The average Bonchev–Trinajstić information content (AvgIpc) is 3.01. The molecule has 0 unspecified atom stereocenters. The van der Waals surface area contributed by atoms with Gasteiger partial charge in [-0.05, 0) is 44.5 Å². The molecule has 1 heterocycles. The van der Waals surface area contributed by atoms with Crippen molar-refractivity contribution in [2.24, 2.45) is 0 Å². The highest BCUT2D eigenvalue weighted by molar-refractivity contribution is 6.01. The lowest BCUT2D eigenvalue weighted by Crippen LogP contribution is -2.16. The largest absolute Gasteiger partial charge is 0.493 e. The summed E-state index contributed by atoms with van der Waals surface area (Å²) >= 11 is 0. The minimum Gasteiger partial charge on any atom is -0.493 e. The normalized spacial score (nSPS) is 10.6. The van der Waals surface area contributed by atoms with E-state index in [0.717, 1.165) is 17.0 Å². The van der Waals surface area contributed by atoms with E-state index in [9.17, 15) is 9.59 Å². The maximum Gasteiger partial charge on any atom is 0.342 e. The number of carbonyl (C=O) groups excluding carboxylic acids is 2. The molecule has 3 aromatic rings. The minimum atomic E-state index is -0.569. The van der Waals surface area contributed by atoms with E-state index in [2.05, 4.69) is 16.7 Å². The predicted octanol–water partition coefficient (Wildman–Crippen LogP) is 4.59. The van der Waals surface area contributed by atoms with Crippen LogP contribution in [-0.4, -0.2) is 29.5 Å². The van der Waals surface area contributed by atoms with Gasteiger partial charge in [0, 0.05) is 23.5 Å². The Kier molecular flexibility index (Phi) is 6.50. The Hall–Kier alpha value is -3.34. The molecule has 0 aliphatic carbocycles. The van der Waals surface area contributed by atoms with Crippen LogP contribution in [0.5, 0.6) is 5.75 Å². The lowest BCUT2D eigenvalue weighted by molar-refractivity contribution is 0.0470. The fraction of sp³-hybridized carbons (Fsp3) is 0.250. The van der Waals surface area contributed by atoms with Crippen molar-refractivity contribution in [2.45, 2.75) is 27.3 Å². The third kappa shape index (κ3) is 4.74. The molecule has 29 heavy (non-hydrogen) atoms. The van der Waals surface area contributed by atoms with Crippen LogP contribution in [-0.2, 0) is 11.3 Å². The smallest absolute Gasteiger partial charge is 0.342 e. The molecule has 3 rings (SSSR count). The lowest BCUT2D eigenvalue weighted by atomic mass is 10.1. The van der Waals surface area contributed by atoms with E-state index < -0.39 is 5.97 Å². The van der Waals surface area contributed by atoms with Crippen LogP contribution >= 0.6 is 0 Å². The summed E-state index contributed by atoms with van der Waals surface area (Å²) in [6.45, 7) is 6.54. The van der Waals surface area contributed by atoms with Crippen LogP contribution in [0, 0.1) is 13.8 Å². The molecule has 0 N–H and O–H groups in total. The van der Waals surface area contributed by atoms with Gasteiger partial charge in [0.25, 0.3) is 0 Å². The van der Waals surface area contributed by atoms with Crippen molar-refractivity contribution in [3.8, 4) is 5.75 Å². The van der Waals surface area contributed by atoms with Gasteiger partial charge in [0.15, 0.2) is 6.61 Å². The number of para-hydroxylation sites is 1. The van der Waals surface area contributed by atoms with E-state index in [1.165, 1.54) is 0 Å². The van der Waals surface area contributed by atoms with Crippen LogP contribution in [0.25, 0.3) is 0 Å². The second-order valence-electron chi connectivity index (χ2n) is 6.79. The number of hydrogen-bond donors (Lipinski definition) is 0. The summed E-state index contributed by atoms with van der Waals surface area (Å²) < 4.78 is 12.8. The van der Waals surface area contributed by atoms with Crippen LogP contribution in [0.2, 0.25) is 0 Å². The van der Waals surface area contributed by atoms with Crippen molar-refractivity contribution in [2.75, 3.05) is 13.2 Å². The first-order valence-electron chi connectivity index (χ1n) is 9.64. The van der Waals surface area contributed by atoms with Crippen molar-refractivity contribution < 1.29 is 19.1 Å². The van der Waals surface area contributed by atoms with E-state index in [1.807, 2.05) is 45.0 Å². The van der Waals surface area contributed by atoms with E-state index in [1.54, 1.807) is 24.3 Å². The van der Waals surface area contributed by atoms with Gasteiger partial charge in [-0.25, -0.2) is 4.79 Å². The predicted molar refractivity (Wildman–Crippen MR) is 112 cm³/mol. The number of ketones is 1.